The van der Waals surface area contributed by atoms with Crippen LogP contribution in [0.1, 0.15) is 28.4 Å². The second-order valence-corrected chi connectivity index (χ2v) is 7.89. The van der Waals surface area contributed by atoms with Crippen LogP contribution in [0.2, 0.25) is 0 Å². The van der Waals surface area contributed by atoms with Crippen LogP contribution in [0.3, 0.4) is 0 Å². The first-order valence-electron chi connectivity index (χ1n) is 11.1. The first-order valence-corrected chi connectivity index (χ1v) is 11.1. The molecule has 6 heteroatoms. The summed E-state index contributed by atoms with van der Waals surface area (Å²) in [5, 5.41) is 9.18. The lowest BCUT2D eigenvalue weighted by Gasteiger charge is -2.13. The van der Waals surface area contributed by atoms with Crippen molar-refractivity contribution in [3.05, 3.63) is 114 Å². The molecule has 6 nitrogen and oxygen atoms in total. The van der Waals surface area contributed by atoms with E-state index in [0.717, 1.165) is 33.6 Å². The van der Waals surface area contributed by atoms with Gasteiger partial charge in [0, 0.05) is 49.3 Å². The third-order valence-corrected chi connectivity index (χ3v) is 5.32. The molecular weight excluding hydrogens is 424 g/mol. The highest BCUT2D eigenvalue weighted by Crippen LogP contribution is 2.27. The molecule has 0 atom stereocenters. The second-order valence-electron chi connectivity index (χ2n) is 7.89. The van der Waals surface area contributed by atoms with Gasteiger partial charge in [0.1, 0.15) is 0 Å². The van der Waals surface area contributed by atoms with Gasteiger partial charge in [0.15, 0.2) is 0 Å². The number of benzene rings is 3. The fourth-order valence-corrected chi connectivity index (χ4v) is 3.65. The van der Waals surface area contributed by atoms with E-state index in [-0.39, 0.29) is 11.8 Å². The molecule has 3 N–H and O–H groups in total. The Balaban J connectivity index is 1.40. The Bertz CT molecular complexity index is 1270. The monoisotopic (exact) mass is 450 g/mol. The van der Waals surface area contributed by atoms with Crippen molar-refractivity contribution in [3.8, 4) is 11.1 Å². The molecule has 0 saturated carbocycles. The summed E-state index contributed by atoms with van der Waals surface area (Å²) >= 11 is 0. The Labute approximate surface area is 199 Å². The van der Waals surface area contributed by atoms with Crippen LogP contribution >= 0.6 is 0 Å². The van der Waals surface area contributed by atoms with Crippen LogP contribution < -0.4 is 16.0 Å². The Hall–Kier alpha value is -4.45. The van der Waals surface area contributed by atoms with Crippen molar-refractivity contribution in [2.24, 2.45) is 0 Å². The van der Waals surface area contributed by atoms with E-state index in [2.05, 4.69) is 33.1 Å². The molecule has 3 aromatic carbocycles. The number of amides is 2. The van der Waals surface area contributed by atoms with E-state index in [0.29, 0.717) is 18.7 Å². The summed E-state index contributed by atoms with van der Waals surface area (Å²) in [6.07, 6.45) is 3.44. The van der Waals surface area contributed by atoms with Gasteiger partial charge in [-0.3, -0.25) is 14.6 Å². The Morgan fingerprint density at radius 2 is 1.65 bits per heavy atom. The van der Waals surface area contributed by atoms with Gasteiger partial charge in [-0.05, 0) is 64.7 Å². The normalized spacial score (nSPS) is 10.4. The van der Waals surface area contributed by atoms with E-state index >= 15 is 0 Å². The number of rotatable bonds is 8. The average molecular weight is 451 g/mol. The molecular formula is C28H26N4O2. The molecule has 0 fully saturated rings. The molecule has 4 rings (SSSR count). The molecule has 0 unspecified atom stereocenters. The third kappa shape index (κ3) is 6.07. The number of carbonyl (C=O) groups is 2. The quantitative estimate of drug-likeness (QED) is 0.342. The predicted octanol–water partition coefficient (Wildman–Crippen LogP) is 5.25. The number of carbonyl (C=O) groups excluding carboxylic acids is 2. The van der Waals surface area contributed by atoms with Crippen molar-refractivity contribution in [2.75, 3.05) is 10.6 Å². The summed E-state index contributed by atoms with van der Waals surface area (Å²) in [6.45, 7) is 2.56. The minimum Gasteiger partial charge on any atom is -0.381 e. The molecule has 34 heavy (non-hydrogen) atoms. The van der Waals surface area contributed by atoms with Crippen LogP contribution in [-0.4, -0.2) is 16.8 Å². The van der Waals surface area contributed by atoms with Gasteiger partial charge in [-0.25, -0.2) is 0 Å². The summed E-state index contributed by atoms with van der Waals surface area (Å²) in [6, 6.07) is 27.2. The zero-order valence-electron chi connectivity index (χ0n) is 18.9. The smallest absolute Gasteiger partial charge is 0.251 e. The van der Waals surface area contributed by atoms with E-state index in [1.165, 1.54) is 6.92 Å². The highest BCUT2D eigenvalue weighted by Gasteiger charge is 2.08. The minimum atomic E-state index is -0.125. The fraction of sp³-hybridized carbons (Fsp3) is 0.107. The van der Waals surface area contributed by atoms with Gasteiger partial charge in [0.2, 0.25) is 5.91 Å². The molecule has 0 radical (unpaired) electrons. The van der Waals surface area contributed by atoms with Crippen LogP contribution in [0.15, 0.2) is 97.3 Å². The van der Waals surface area contributed by atoms with Gasteiger partial charge in [0.25, 0.3) is 5.91 Å². The minimum absolute atomic E-state index is 0.0960. The van der Waals surface area contributed by atoms with Crippen molar-refractivity contribution in [1.29, 1.82) is 0 Å². The van der Waals surface area contributed by atoms with Crippen LogP contribution in [0.5, 0.6) is 0 Å². The summed E-state index contributed by atoms with van der Waals surface area (Å²) in [5.74, 6) is -0.221. The van der Waals surface area contributed by atoms with Crippen molar-refractivity contribution in [1.82, 2.24) is 10.3 Å². The molecule has 0 saturated heterocycles. The number of hydrogen-bond donors (Lipinski definition) is 3. The standard InChI is InChI=1S/C28H26N4O2/c1-20(33)32-26-9-4-8-23(16-26)27-10-3-2-7-24(27)19-30-25-13-11-22(12-14-25)28(34)31-18-21-6-5-15-29-17-21/h2-17,30H,18-19H2,1H3,(H,31,34)(H,32,33). The second kappa shape index (κ2) is 10.9. The lowest BCUT2D eigenvalue weighted by Crippen LogP contribution is -2.22. The Kier molecular flexibility index (Phi) is 7.30. The van der Waals surface area contributed by atoms with Crippen LogP contribution in [0, 0.1) is 0 Å². The van der Waals surface area contributed by atoms with Gasteiger partial charge in [-0.1, -0.05) is 42.5 Å². The molecule has 0 spiro atoms. The van der Waals surface area contributed by atoms with Crippen molar-refractivity contribution in [3.63, 3.8) is 0 Å². The average Bonchev–Trinajstić information content (AvgIpc) is 2.87. The van der Waals surface area contributed by atoms with Gasteiger partial charge in [-0.15, -0.1) is 0 Å². The maximum atomic E-state index is 12.4. The molecule has 1 heterocycles. The molecule has 0 aliphatic carbocycles. The summed E-state index contributed by atoms with van der Waals surface area (Å²) in [5.41, 5.74) is 6.49. The molecule has 4 aromatic rings. The Morgan fingerprint density at radius 3 is 2.41 bits per heavy atom. The van der Waals surface area contributed by atoms with E-state index in [1.807, 2.05) is 72.8 Å². The predicted molar refractivity (Wildman–Crippen MR) is 135 cm³/mol. The highest BCUT2D eigenvalue weighted by atomic mass is 16.2. The number of anilines is 2. The van der Waals surface area contributed by atoms with E-state index < -0.39 is 0 Å². The molecule has 0 aliphatic heterocycles. The molecule has 2 amide bonds. The van der Waals surface area contributed by atoms with Crippen LogP contribution in [0.4, 0.5) is 11.4 Å². The molecule has 1 aromatic heterocycles. The van der Waals surface area contributed by atoms with Gasteiger partial charge >= 0.3 is 0 Å². The molecule has 0 aliphatic rings. The van der Waals surface area contributed by atoms with E-state index in [1.54, 1.807) is 12.4 Å². The fourth-order valence-electron chi connectivity index (χ4n) is 3.65. The number of pyridine rings is 1. The highest BCUT2D eigenvalue weighted by molar-refractivity contribution is 5.94. The topological polar surface area (TPSA) is 83.1 Å². The molecule has 170 valence electrons. The lowest BCUT2D eigenvalue weighted by atomic mass is 9.99. The maximum Gasteiger partial charge on any atom is 0.251 e. The van der Waals surface area contributed by atoms with Crippen molar-refractivity contribution < 1.29 is 9.59 Å². The van der Waals surface area contributed by atoms with E-state index in [9.17, 15) is 9.59 Å². The number of nitrogens with one attached hydrogen (secondary N) is 3. The third-order valence-electron chi connectivity index (χ3n) is 5.32. The number of aromatic nitrogens is 1. The van der Waals surface area contributed by atoms with Gasteiger partial charge in [0.05, 0.1) is 0 Å². The van der Waals surface area contributed by atoms with Crippen LogP contribution in [0.25, 0.3) is 11.1 Å². The summed E-state index contributed by atoms with van der Waals surface area (Å²) in [4.78, 5) is 27.9. The zero-order chi connectivity index (χ0) is 23.8. The van der Waals surface area contributed by atoms with Crippen molar-refractivity contribution >= 4 is 23.2 Å². The van der Waals surface area contributed by atoms with Gasteiger partial charge in [-0.2, -0.15) is 0 Å². The summed E-state index contributed by atoms with van der Waals surface area (Å²) < 4.78 is 0. The van der Waals surface area contributed by atoms with Crippen molar-refractivity contribution in [2.45, 2.75) is 20.0 Å². The SMILES string of the molecule is CC(=O)Nc1cccc(-c2ccccc2CNc2ccc(C(=O)NCc3cccnc3)cc2)c1. The summed E-state index contributed by atoms with van der Waals surface area (Å²) in [7, 11) is 0. The maximum absolute atomic E-state index is 12.4. The zero-order valence-corrected chi connectivity index (χ0v) is 18.9. The van der Waals surface area contributed by atoms with Gasteiger partial charge < -0.3 is 16.0 Å². The number of nitrogens with zero attached hydrogens (tertiary/aromatic N) is 1. The Morgan fingerprint density at radius 1 is 0.824 bits per heavy atom. The number of hydrogen-bond acceptors (Lipinski definition) is 4. The van der Waals surface area contributed by atoms with Crippen LogP contribution in [-0.2, 0) is 17.9 Å². The molecule has 0 bridgehead atoms. The first kappa shape index (κ1) is 22.7. The largest absolute Gasteiger partial charge is 0.381 e. The first-order chi connectivity index (χ1) is 16.6. The lowest BCUT2D eigenvalue weighted by molar-refractivity contribution is -0.114. The van der Waals surface area contributed by atoms with E-state index in [4.69, 9.17) is 0 Å².